The van der Waals surface area contributed by atoms with Gasteiger partial charge in [0.15, 0.2) is 0 Å². The van der Waals surface area contributed by atoms with Crippen molar-refractivity contribution in [1.82, 2.24) is 10.2 Å². The number of aryl methyl sites for hydroxylation is 1. The molecule has 7 nitrogen and oxygen atoms in total. The molecule has 0 bridgehead atoms. The molecule has 2 amide bonds. The van der Waals surface area contributed by atoms with E-state index in [2.05, 4.69) is 5.32 Å². The van der Waals surface area contributed by atoms with Gasteiger partial charge in [-0.05, 0) is 87.0 Å². The highest BCUT2D eigenvalue weighted by molar-refractivity contribution is 7.98. The molecule has 41 heavy (non-hydrogen) atoms. The summed E-state index contributed by atoms with van der Waals surface area (Å²) in [7, 11) is -4.15. The second-order valence-corrected chi connectivity index (χ2v) is 12.7. The Kier molecular flexibility index (Phi) is 11.4. The van der Waals surface area contributed by atoms with Crippen molar-refractivity contribution in [3.8, 4) is 0 Å². The average molecular weight is 600 g/mol. The number of rotatable bonds is 13. The first-order valence-corrected chi connectivity index (χ1v) is 16.2. The number of carbonyl (C=O) groups is 2. The molecule has 3 aromatic rings. The summed E-state index contributed by atoms with van der Waals surface area (Å²) in [4.78, 5) is 29.7. The van der Waals surface area contributed by atoms with Crippen molar-refractivity contribution < 1.29 is 22.4 Å². The third-order valence-electron chi connectivity index (χ3n) is 6.90. The van der Waals surface area contributed by atoms with Gasteiger partial charge in [0.05, 0.1) is 10.6 Å². The lowest BCUT2D eigenvalue weighted by Gasteiger charge is -2.33. The number of halogens is 1. The van der Waals surface area contributed by atoms with Crippen LogP contribution in [0.1, 0.15) is 44.7 Å². The van der Waals surface area contributed by atoms with Crippen molar-refractivity contribution in [1.29, 1.82) is 0 Å². The average Bonchev–Trinajstić information content (AvgIpc) is 2.97. The highest BCUT2D eigenvalue weighted by Gasteiger charge is 2.34. The molecule has 0 heterocycles. The van der Waals surface area contributed by atoms with Crippen LogP contribution < -0.4 is 9.62 Å². The van der Waals surface area contributed by atoms with Crippen LogP contribution in [0.25, 0.3) is 0 Å². The second-order valence-electron chi connectivity index (χ2n) is 9.91. The lowest BCUT2D eigenvalue weighted by atomic mass is 10.1. The zero-order chi connectivity index (χ0) is 30.2. The van der Waals surface area contributed by atoms with Gasteiger partial charge in [0.1, 0.15) is 18.4 Å². The maximum Gasteiger partial charge on any atom is 0.264 e. The Morgan fingerprint density at radius 3 is 2.07 bits per heavy atom. The zero-order valence-corrected chi connectivity index (χ0v) is 25.8. The molecular formula is C31H38FN3O4S2. The third kappa shape index (κ3) is 8.33. The summed E-state index contributed by atoms with van der Waals surface area (Å²) in [5.74, 6) is -1.29. The highest BCUT2D eigenvalue weighted by atomic mass is 32.2. The minimum Gasteiger partial charge on any atom is -0.352 e. The number of sulfonamides is 1. The van der Waals surface area contributed by atoms with Crippen molar-refractivity contribution in [2.45, 2.75) is 69.0 Å². The molecule has 0 spiro atoms. The summed E-state index contributed by atoms with van der Waals surface area (Å²) in [5.41, 5.74) is 1.89. The number of benzene rings is 3. The first kappa shape index (κ1) is 32.1. The molecule has 0 saturated heterocycles. The predicted molar refractivity (Wildman–Crippen MR) is 163 cm³/mol. The van der Waals surface area contributed by atoms with E-state index in [1.807, 2.05) is 27.0 Å². The standard InChI is InChI=1S/C31H38FN3O4S2/c1-6-23(4)33-31(37)29(7-2)34(20-24-10-12-25(32)13-11-24)30(36)21-35(26-14-8-22(3)9-15-26)41(38,39)28-18-16-27(40-5)17-19-28/h8-19,23,29H,6-7,20-21H2,1-5H3,(H,33,37)/t23-,29+/m1/s1. The van der Waals surface area contributed by atoms with E-state index >= 15 is 0 Å². The second kappa shape index (κ2) is 14.5. The van der Waals surface area contributed by atoms with Crippen LogP contribution in [-0.2, 0) is 26.2 Å². The largest absolute Gasteiger partial charge is 0.352 e. The van der Waals surface area contributed by atoms with E-state index in [1.165, 1.54) is 40.9 Å². The zero-order valence-electron chi connectivity index (χ0n) is 24.1. The van der Waals surface area contributed by atoms with Gasteiger partial charge in [-0.3, -0.25) is 13.9 Å². The van der Waals surface area contributed by atoms with Gasteiger partial charge < -0.3 is 10.2 Å². The Morgan fingerprint density at radius 2 is 1.54 bits per heavy atom. The Hall–Kier alpha value is -3.37. The summed E-state index contributed by atoms with van der Waals surface area (Å²) in [6.45, 7) is 7.00. The van der Waals surface area contributed by atoms with E-state index in [-0.39, 0.29) is 23.4 Å². The Balaban J connectivity index is 2.05. The van der Waals surface area contributed by atoms with E-state index in [0.29, 0.717) is 24.1 Å². The molecule has 0 aliphatic carbocycles. The van der Waals surface area contributed by atoms with Crippen LogP contribution in [0.5, 0.6) is 0 Å². The molecule has 220 valence electrons. The number of amides is 2. The quantitative estimate of drug-likeness (QED) is 0.252. The van der Waals surface area contributed by atoms with Crippen molar-refractivity contribution >= 4 is 39.3 Å². The number of nitrogens with one attached hydrogen (secondary N) is 1. The van der Waals surface area contributed by atoms with Crippen molar-refractivity contribution in [3.05, 3.63) is 89.7 Å². The molecule has 0 saturated carbocycles. The Bertz CT molecular complexity index is 1410. The monoisotopic (exact) mass is 599 g/mol. The van der Waals surface area contributed by atoms with Gasteiger partial charge in [0.2, 0.25) is 11.8 Å². The van der Waals surface area contributed by atoms with E-state index in [1.54, 1.807) is 55.5 Å². The van der Waals surface area contributed by atoms with Gasteiger partial charge in [-0.2, -0.15) is 0 Å². The SMILES string of the molecule is CC[C@@H](C)NC(=O)[C@H](CC)N(Cc1ccc(F)cc1)C(=O)CN(c1ccc(C)cc1)S(=O)(=O)c1ccc(SC)cc1. The first-order chi connectivity index (χ1) is 19.5. The van der Waals surface area contributed by atoms with Gasteiger partial charge in [0.25, 0.3) is 10.0 Å². The fourth-order valence-electron chi connectivity index (χ4n) is 4.26. The minimum absolute atomic E-state index is 0.00967. The normalized spacial score (nSPS) is 12.8. The van der Waals surface area contributed by atoms with Crippen LogP contribution in [0.4, 0.5) is 10.1 Å². The lowest BCUT2D eigenvalue weighted by molar-refractivity contribution is -0.140. The molecule has 3 aromatic carbocycles. The van der Waals surface area contributed by atoms with Crippen LogP contribution in [-0.4, -0.2) is 50.0 Å². The molecule has 1 N–H and O–H groups in total. The highest BCUT2D eigenvalue weighted by Crippen LogP contribution is 2.27. The number of hydrogen-bond donors (Lipinski definition) is 1. The van der Waals surface area contributed by atoms with E-state index in [9.17, 15) is 22.4 Å². The first-order valence-electron chi connectivity index (χ1n) is 13.6. The lowest BCUT2D eigenvalue weighted by Crippen LogP contribution is -2.53. The summed E-state index contributed by atoms with van der Waals surface area (Å²) in [6.07, 6.45) is 2.92. The van der Waals surface area contributed by atoms with Crippen molar-refractivity contribution in [3.63, 3.8) is 0 Å². The Labute approximate surface area is 247 Å². The van der Waals surface area contributed by atoms with Crippen LogP contribution >= 0.6 is 11.8 Å². The van der Waals surface area contributed by atoms with Gasteiger partial charge >= 0.3 is 0 Å². The number of nitrogens with zero attached hydrogens (tertiary/aromatic N) is 2. The molecular weight excluding hydrogens is 561 g/mol. The fourth-order valence-corrected chi connectivity index (χ4v) is 6.08. The smallest absolute Gasteiger partial charge is 0.264 e. The van der Waals surface area contributed by atoms with E-state index < -0.39 is 34.3 Å². The van der Waals surface area contributed by atoms with Gasteiger partial charge in [-0.15, -0.1) is 11.8 Å². The third-order valence-corrected chi connectivity index (χ3v) is 9.43. The van der Waals surface area contributed by atoms with Crippen molar-refractivity contribution in [2.24, 2.45) is 0 Å². The molecule has 0 fully saturated rings. The molecule has 0 unspecified atom stereocenters. The van der Waals surface area contributed by atoms with Crippen LogP contribution in [0.2, 0.25) is 0 Å². The molecule has 10 heteroatoms. The number of anilines is 1. The number of carbonyl (C=O) groups excluding carboxylic acids is 2. The summed E-state index contributed by atoms with van der Waals surface area (Å²) >= 11 is 1.49. The van der Waals surface area contributed by atoms with E-state index in [4.69, 9.17) is 0 Å². The summed E-state index contributed by atoms with van der Waals surface area (Å²) in [5, 5.41) is 2.94. The van der Waals surface area contributed by atoms with Crippen LogP contribution in [0.3, 0.4) is 0 Å². The van der Waals surface area contributed by atoms with Crippen LogP contribution in [0.15, 0.2) is 82.6 Å². The minimum atomic E-state index is -4.15. The molecule has 0 aromatic heterocycles. The summed E-state index contributed by atoms with van der Waals surface area (Å²) in [6, 6.07) is 18.1. The predicted octanol–water partition coefficient (Wildman–Crippen LogP) is 5.77. The van der Waals surface area contributed by atoms with Gasteiger partial charge in [-0.1, -0.05) is 43.7 Å². The molecule has 0 radical (unpaired) electrons. The van der Waals surface area contributed by atoms with Crippen LogP contribution in [0, 0.1) is 12.7 Å². The number of hydrogen-bond acceptors (Lipinski definition) is 5. The maximum atomic E-state index is 14.1. The molecule has 2 atom stereocenters. The van der Waals surface area contributed by atoms with E-state index in [0.717, 1.165) is 14.8 Å². The fraction of sp³-hybridized carbons (Fsp3) is 0.355. The molecule has 0 aliphatic rings. The summed E-state index contributed by atoms with van der Waals surface area (Å²) < 4.78 is 42.6. The van der Waals surface area contributed by atoms with Crippen molar-refractivity contribution in [2.75, 3.05) is 17.1 Å². The Morgan fingerprint density at radius 1 is 0.927 bits per heavy atom. The topological polar surface area (TPSA) is 86.8 Å². The van der Waals surface area contributed by atoms with Gasteiger partial charge in [0, 0.05) is 17.5 Å². The molecule has 3 rings (SSSR count). The maximum absolute atomic E-state index is 14.1. The van der Waals surface area contributed by atoms with Gasteiger partial charge in [-0.25, -0.2) is 12.8 Å². The number of thioether (sulfide) groups is 1. The molecule has 0 aliphatic heterocycles.